The fourth-order valence-electron chi connectivity index (χ4n) is 2.27. The number of amides is 1. The fourth-order valence-corrected chi connectivity index (χ4v) is 2.27. The van der Waals surface area contributed by atoms with Gasteiger partial charge in [0, 0.05) is 19.5 Å². The van der Waals surface area contributed by atoms with Crippen LogP contribution in [-0.2, 0) is 0 Å². The van der Waals surface area contributed by atoms with E-state index < -0.39 is 0 Å². The Labute approximate surface area is 143 Å². The second-order valence-electron chi connectivity index (χ2n) is 5.79. The number of hydrogen-bond donors (Lipinski definition) is 2. The molecule has 5 nitrogen and oxygen atoms in total. The van der Waals surface area contributed by atoms with Gasteiger partial charge in [0.15, 0.2) is 5.89 Å². The Morgan fingerprint density at radius 3 is 2.26 bits per heavy atom. The molecule has 126 valence electrons. The van der Waals surface area contributed by atoms with E-state index in [-0.39, 0.29) is 30.1 Å². The maximum Gasteiger partial charge on any atom is 0.289 e. The minimum absolute atomic E-state index is 0. The maximum atomic E-state index is 12.1. The molecule has 0 saturated carbocycles. The number of nitrogens with one attached hydrogen (secondary N) is 1. The maximum absolute atomic E-state index is 12.1. The Balaban J connectivity index is 0.00000264. The molecule has 1 atom stereocenters. The van der Waals surface area contributed by atoms with E-state index in [0.717, 1.165) is 5.56 Å². The van der Waals surface area contributed by atoms with Gasteiger partial charge in [0.2, 0.25) is 5.76 Å². The lowest BCUT2D eigenvalue weighted by molar-refractivity contribution is 0.0921. The lowest BCUT2D eigenvalue weighted by Gasteiger charge is -2.14. The zero-order valence-electron chi connectivity index (χ0n) is 13.9. The predicted octanol–water partition coefficient (Wildman–Crippen LogP) is 3.27. The summed E-state index contributed by atoms with van der Waals surface area (Å²) >= 11 is 0. The molecule has 0 saturated heterocycles. The first-order valence-electron chi connectivity index (χ1n) is 7.46. The Bertz CT molecular complexity index is 650. The smallest absolute Gasteiger partial charge is 0.289 e. The van der Waals surface area contributed by atoms with Gasteiger partial charge >= 0.3 is 0 Å². The highest BCUT2D eigenvalue weighted by molar-refractivity contribution is 5.92. The molecule has 0 aliphatic carbocycles. The summed E-state index contributed by atoms with van der Waals surface area (Å²) in [6.45, 7) is 8.11. The zero-order valence-corrected chi connectivity index (χ0v) is 14.7. The van der Waals surface area contributed by atoms with Gasteiger partial charge in [-0.1, -0.05) is 38.1 Å². The number of nitrogens with two attached hydrogens (primary N) is 1. The normalized spacial score (nSPS) is 11.9. The first-order chi connectivity index (χ1) is 10.4. The number of carbonyl (C=O) groups is 1. The van der Waals surface area contributed by atoms with Crippen molar-refractivity contribution in [2.45, 2.75) is 39.7 Å². The van der Waals surface area contributed by atoms with E-state index in [9.17, 15) is 4.79 Å². The number of nitrogens with zero attached hydrogens (tertiary/aromatic N) is 1. The monoisotopic (exact) mass is 337 g/mol. The van der Waals surface area contributed by atoms with Crippen LogP contribution in [0.1, 0.15) is 59.1 Å². The Morgan fingerprint density at radius 1 is 1.22 bits per heavy atom. The molecule has 0 spiro atoms. The minimum atomic E-state index is -0.285. The van der Waals surface area contributed by atoms with Crippen LogP contribution in [0.25, 0.3) is 0 Å². The minimum Gasteiger partial charge on any atom is -0.436 e. The van der Waals surface area contributed by atoms with E-state index in [1.807, 2.05) is 12.1 Å². The number of carbonyl (C=O) groups excluding carboxylic acids is 1. The number of oxazole rings is 1. The summed E-state index contributed by atoms with van der Waals surface area (Å²) in [7, 11) is 0. The molecule has 3 N–H and O–H groups in total. The third kappa shape index (κ3) is 4.81. The molecule has 2 rings (SSSR count). The van der Waals surface area contributed by atoms with Crippen molar-refractivity contribution >= 4 is 18.3 Å². The molecule has 1 amide bonds. The molecule has 0 aliphatic heterocycles. The van der Waals surface area contributed by atoms with Gasteiger partial charge in [-0.15, -0.1) is 12.4 Å². The summed E-state index contributed by atoms with van der Waals surface area (Å²) < 4.78 is 5.29. The van der Waals surface area contributed by atoms with E-state index in [4.69, 9.17) is 10.2 Å². The summed E-state index contributed by atoms with van der Waals surface area (Å²) in [5.74, 6) is 0.936. The van der Waals surface area contributed by atoms with Crippen molar-refractivity contribution in [1.82, 2.24) is 10.3 Å². The third-order valence-electron chi connectivity index (χ3n) is 3.62. The fraction of sp³-hybridized carbons (Fsp3) is 0.412. The number of benzene rings is 1. The van der Waals surface area contributed by atoms with Crippen LogP contribution in [0.2, 0.25) is 0 Å². The number of hydrogen-bond acceptors (Lipinski definition) is 4. The molecule has 2 aromatic rings. The summed E-state index contributed by atoms with van der Waals surface area (Å²) in [6.07, 6.45) is 0. The van der Waals surface area contributed by atoms with Crippen LogP contribution >= 0.6 is 12.4 Å². The SMILES string of the molecule is Cc1nc(C)c(C(=O)NCC(N)c2ccc(C(C)C)cc2)o1.Cl. The van der Waals surface area contributed by atoms with Crippen molar-refractivity contribution in [3.05, 3.63) is 52.7 Å². The molecular weight excluding hydrogens is 314 g/mol. The van der Waals surface area contributed by atoms with Crippen LogP contribution in [0.5, 0.6) is 0 Å². The van der Waals surface area contributed by atoms with Gasteiger partial charge in [0.1, 0.15) is 0 Å². The van der Waals surface area contributed by atoms with Crippen LogP contribution in [0, 0.1) is 13.8 Å². The molecule has 23 heavy (non-hydrogen) atoms. The van der Waals surface area contributed by atoms with E-state index in [0.29, 0.717) is 24.0 Å². The van der Waals surface area contributed by atoms with Crippen molar-refractivity contribution in [3.8, 4) is 0 Å². The topological polar surface area (TPSA) is 81.2 Å². The molecule has 1 aromatic carbocycles. The van der Waals surface area contributed by atoms with Crippen LogP contribution in [-0.4, -0.2) is 17.4 Å². The van der Waals surface area contributed by atoms with Gasteiger partial charge in [-0.25, -0.2) is 4.98 Å². The Kier molecular flexibility index (Phi) is 6.79. The van der Waals surface area contributed by atoms with E-state index in [2.05, 4.69) is 36.3 Å². The molecule has 1 unspecified atom stereocenters. The van der Waals surface area contributed by atoms with Gasteiger partial charge in [-0.2, -0.15) is 0 Å². The standard InChI is InChI=1S/C17H23N3O2.ClH/c1-10(2)13-5-7-14(8-6-13)15(18)9-19-17(21)16-11(3)20-12(4)22-16;/h5-8,10,15H,9,18H2,1-4H3,(H,19,21);1H. The van der Waals surface area contributed by atoms with Gasteiger partial charge in [0.05, 0.1) is 5.69 Å². The Hall–Kier alpha value is -1.85. The molecular formula is C17H24ClN3O2. The number of rotatable bonds is 5. The molecule has 0 bridgehead atoms. The first kappa shape index (κ1) is 19.2. The molecule has 0 radical (unpaired) electrons. The number of halogens is 1. The van der Waals surface area contributed by atoms with E-state index in [1.54, 1.807) is 13.8 Å². The van der Waals surface area contributed by atoms with Crippen molar-refractivity contribution < 1.29 is 9.21 Å². The highest BCUT2D eigenvalue weighted by Crippen LogP contribution is 2.17. The lowest BCUT2D eigenvalue weighted by Crippen LogP contribution is -2.32. The molecule has 1 heterocycles. The van der Waals surface area contributed by atoms with Crippen molar-refractivity contribution in [1.29, 1.82) is 0 Å². The van der Waals surface area contributed by atoms with E-state index in [1.165, 1.54) is 5.56 Å². The predicted molar refractivity (Wildman–Crippen MR) is 93.0 cm³/mol. The summed E-state index contributed by atoms with van der Waals surface area (Å²) in [5.41, 5.74) is 8.98. The van der Waals surface area contributed by atoms with Gasteiger partial charge in [-0.3, -0.25) is 4.79 Å². The van der Waals surface area contributed by atoms with E-state index >= 15 is 0 Å². The van der Waals surface area contributed by atoms with Gasteiger partial charge in [0.25, 0.3) is 5.91 Å². The Morgan fingerprint density at radius 2 is 1.78 bits per heavy atom. The number of aromatic nitrogens is 1. The summed E-state index contributed by atoms with van der Waals surface area (Å²) in [5, 5.41) is 2.79. The first-order valence-corrected chi connectivity index (χ1v) is 7.46. The molecule has 0 aliphatic rings. The lowest BCUT2D eigenvalue weighted by atomic mass is 9.99. The highest BCUT2D eigenvalue weighted by Gasteiger charge is 2.17. The van der Waals surface area contributed by atoms with Crippen LogP contribution in [0.3, 0.4) is 0 Å². The van der Waals surface area contributed by atoms with Crippen LogP contribution < -0.4 is 11.1 Å². The average molecular weight is 338 g/mol. The van der Waals surface area contributed by atoms with Crippen molar-refractivity contribution in [2.75, 3.05) is 6.54 Å². The van der Waals surface area contributed by atoms with Crippen molar-refractivity contribution in [3.63, 3.8) is 0 Å². The number of aryl methyl sites for hydroxylation is 2. The second-order valence-corrected chi connectivity index (χ2v) is 5.79. The third-order valence-corrected chi connectivity index (χ3v) is 3.62. The highest BCUT2D eigenvalue weighted by atomic mass is 35.5. The van der Waals surface area contributed by atoms with Gasteiger partial charge < -0.3 is 15.5 Å². The average Bonchev–Trinajstić information content (AvgIpc) is 2.83. The van der Waals surface area contributed by atoms with Crippen LogP contribution in [0.4, 0.5) is 0 Å². The van der Waals surface area contributed by atoms with Crippen LogP contribution in [0.15, 0.2) is 28.7 Å². The summed E-state index contributed by atoms with van der Waals surface area (Å²) in [6, 6.07) is 7.91. The second kappa shape index (κ2) is 8.13. The molecule has 1 aromatic heterocycles. The largest absolute Gasteiger partial charge is 0.436 e. The van der Waals surface area contributed by atoms with Crippen molar-refractivity contribution in [2.24, 2.45) is 5.73 Å². The molecule has 6 heteroatoms. The van der Waals surface area contributed by atoms with Gasteiger partial charge in [-0.05, 0) is 24.0 Å². The molecule has 0 fully saturated rings. The zero-order chi connectivity index (χ0) is 16.3. The summed E-state index contributed by atoms with van der Waals surface area (Å²) in [4.78, 5) is 16.1. The quantitative estimate of drug-likeness (QED) is 0.877.